The monoisotopic (exact) mass is 310 g/mol. The van der Waals surface area contributed by atoms with Gasteiger partial charge in [-0.3, -0.25) is 10.1 Å². The van der Waals surface area contributed by atoms with Crippen LogP contribution in [0, 0.1) is 5.92 Å². The van der Waals surface area contributed by atoms with E-state index in [2.05, 4.69) is 17.6 Å². The molecule has 0 aromatic carbocycles. The van der Waals surface area contributed by atoms with Crippen molar-refractivity contribution >= 4 is 23.7 Å². The molecule has 2 unspecified atom stereocenters. The molecule has 1 aliphatic carbocycles. The molecule has 3 amide bonds. The smallest absolute Gasteiger partial charge is 0.321 e. The Kier molecular flexibility index (Phi) is 6.17. The zero-order chi connectivity index (χ0) is 15.1. The molecule has 0 bridgehead atoms. The average molecular weight is 310 g/mol. The number of amides is 3. The largest absolute Gasteiger partial charge is 0.468 e. The minimum Gasteiger partial charge on any atom is -0.468 e. The van der Waals surface area contributed by atoms with Crippen molar-refractivity contribution in [3.8, 4) is 0 Å². The third kappa shape index (κ3) is 5.46. The van der Waals surface area contributed by atoms with Gasteiger partial charge in [0, 0.05) is 6.04 Å². The van der Waals surface area contributed by atoms with Gasteiger partial charge in [0.05, 0.1) is 17.8 Å². The molecular weight excluding hydrogens is 288 g/mol. The summed E-state index contributed by atoms with van der Waals surface area (Å²) in [4.78, 5) is 23.5. The van der Waals surface area contributed by atoms with Crippen molar-refractivity contribution in [3.63, 3.8) is 0 Å². The summed E-state index contributed by atoms with van der Waals surface area (Å²) in [7, 11) is 0. The molecule has 2 atom stereocenters. The summed E-state index contributed by atoms with van der Waals surface area (Å²) in [5, 5.41) is 5.29. The fourth-order valence-electron chi connectivity index (χ4n) is 2.54. The minimum atomic E-state index is -0.377. The van der Waals surface area contributed by atoms with Crippen LogP contribution >= 0.6 is 11.8 Å². The molecule has 21 heavy (non-hydrogen) atoms. The molecular formula is C15H22N2O3S. The normalized spacial score (nSPS) is 21.8. The Morgan fingerprint density at radius 1 is 1.38 bits per heavy atom. The van der Waals surface area contributed by atoms with Crippen LogP contribution in [0.5, 0.6) is 0 Å². The lowest BCUT2D eigenvalue weighted by molar-refractivity contribution is -0.117. The van der Waals surface area contributed by atoms with Crippen LogP contribution < -0.4 is 10.6 Å². The number of furan rings is 1. The van der Waals surface area contributed by atoms with E-state index in [0.29, 0.717) is 11.7 Å². The molecule has 116 valence electrons. The summed E-state index contributed by atoms with van der Waals surface area (Å²) < 4.78 is 5.18. The average Bonchev–Trinajstić information content (AvgIpc) is 2.94. The summed E-state index contributed by atoms with van der Waals surface area (Å²) in [6.45, 7) is 2.14. The molecule has 2 rings (SSSR count). The Morgan fingerprint density at radius 3 is 2.90 bits per heavy atom. The number of urea groups is 1. The van der Waals surface area contributed by atoms with Crippen LogP contribution in [0.2, 0.25) is 0 Å². The van der Waals surface area contributed by atoms with Gasteiger partial charge in [-0.05, 0) is 30.9 Å². The highest BCUT2D eigenvalue weighted by Gasteiger charge is 2.23. The molecule has 1 saturated carbocycles. The van der Waals surface area contributed by atoms with E-state index in [4.69, 9.17) is 4.42 Å². The molecule has 6 heteroatoms. The third-order valence-electron chi connectivity index (χ3n) is 3.74. The van der Waals surface area contributed by atoms with Crippen molar-refractivity contribution in [1.29, 1.82) is 0 Å². The van der Waals surface area contributed by atoms with Gasteiger partial charge in [0.15, 0.2) is 0 Å². The van der Waals surface area contributed by atoms with Gasteiger partial charge >= 0.3 is 6.03 Å². The molecule has 1 fully saturated rings. The van der Waals surface area contributed by atoms with Crippen molar-refractivity contribution in [2.45, 2.75) is 44.4 Å². The van der Waals surface area contributed by atoms with E-state index in [1.54, 1.807) is 6.26 Å². The zero-order valence-corrected chi connectivity index (χ0v) is 13.1. The highest BCUT2D eigenvalue weighted by molar-refractivity contribution is 7.99. The topological polar surface area (TPSA) is 71.3 Å². The van der Waals surface area contributed by atoms with E-state index in [1.165, 1.54) is 18.2 Å². The highest BCUT2D eigenvalue weighted by Crippen LogP contribution is 2.23. The molecule has 5 nitrogen and oxygen atoms in total. The quantitative estimate of drug-likeness (QED) is 0.877. The van der Waals surface area contributed by atoms with Gasteiger partial charge in [-0.15, -0.1) is 11.8 Å². The number of rotatable bonds is 5. The van der Waals surface area contributed by atoms with Gasteiger partial charge < -0.3 is 9.73 Å². The second-order valence-electron chi connectivity index (χ2n) is 5.46. The third-order valence-corrected chi connectivity index (χ3v) is 4.69. The van der Waals surface area contributed by atoms with Gasteiger partial charge in [0.2, 0.25) is 5.91 Å². The number of hydrogen-bond acceptors (Lipinski definition) is 4. The van der Waals surface area contributed by atoms with E-state index in [0.717, 1.165) is 25.0 Å². The number of imide groups is 1. The van der Waals surface area contributed by atoms with Crippen LogP contribution in [0.1, 0.15) is 38.4 Å². The first kappa shape index (κ1) is 15.9. The lowest BCUT2D eigenvalue weighted by atomic mass is 9.86. The molecule has 0 radical (unpaired) electrons. The van der Waals surface area contributed by atoms with Crippen LogP contribution in [0.4, 0.5) is 4.79 Å². The van der Waals surface area contributed by atoms with Crippen LogP contribution in [-0.4, -0.2) is 23.7 Å². The number of hydrogen-bond donors (Lipinski definition) is 2. The molecule has 0 aliphatic heterocycles. The lowest BCUT2D eigenvalue weighted by Gasteiger charge is -2.29. The zero-order valence-electron chi connectivity index (χ0n) is 12.3. The van der Waals surface area contributed by atoms with E-state index < -0.39 is 0 Å². The summed E-state index contributed by atoms with van der Waals surface area (Å²) in [5.41, 5.74) is 0. The van der Waals surface area contributed by atoms with Crippen molar-refractivity contribution in [3.05, 3.63) is 24.2 Å². The fourth-order valence-corrected chi connectivity index (χ4v) is 3.26. The second kappa shape index (κ2) is 8.12. The van der Waals surface area contributed by atoms with Crippen LogP contribution in [0.3, 0.4) is 0 Å². The Hall–Kier alpha value is -1.43. The summed E-state index contributed by atoms with van der Waals surface area (Å²) in [5.74, 6) is 1.91. The molecule has 0 saturated heterocycles. The van der Waals surface area contributed by atoms with Gasteiger partial charge in [0.25, 0.3) is 0 Å². The standard InChI is InChI=1S/C15H22N2O3S/c1-11-5-2-3-7-13(11)16-15(19)17-14(18)10-21-9-12-6-4-8-20-12/h4,6,8,11,13H,2-3,5,7,9-10H2,1H3,(H2,16,17,18,19). The fraction of sp³-hybridized carbons (Fsp3) is 0.600. The Bertz CT molecular complexity index is 461. The Morgan fingerprint density at radius 2 is 2.19 bits per heavy atom. The van der Waals surface area contributed by atoms with Gasteiger partial charge in [-0.25, -0.2) is 4.79 Å². The molecule has 1 aromatic heterocycles. The van der Waals surface area contributed by atoms with Crippen molar-refractivity contribution < 1.29 is 14.0 Å². The summed E-state index contributed by atoms with van der Waals surface area (Å²) in [6, 6.07) is 3.48. The van der Waals surface area contributed by atoms with E-state index >= 15 is 0 Å². The molecule has 1 aromatic rings. The number of carbonyl (C=O) groups excluding carboxylic acids is 2. The van der Waals surface area contributed by atoms with Gasteiger partial charge in [-0.1, -0.05) is 19.8 Å². The van der Waals surface area contributed by atoms with Gasteiger partial charge in [-0.2, -0.15) is 0 Å². The van der Waals surface area contributed by atoms with Crippen LogP contribution in [0.25, 0.3) is 0 Å². The predicted octanol–water partition coefficient (Wildman–Crippen LogP) is 2.92. The SMILES string of the molecule is CC1CCCCC1NC(=O)NC(=O)CSCc1ccco1. The van der Waals surface area contributed by atoms with E-state index in [-0.39, 0.29) is 23.7 Å². The Labute approximate surface area is 129 Å². The maximum atomic E-state index is 11.8. The molecule has 1 heterocycles. The predicted molar refractivity (Wildman–Crippen MR) is 83.0 cm³/mol. The van der Waals surface area contributed by atoms with Crippen LogP contribution in [-0.2, 0) is 10.5 Å². The first-order chi connectivity index (χ1) is 10.1. The first-order valence-electron chi connectivity index (χ1n) is 7.35. The number of carbonyl (C=O) groups is 2. The maximum Gasteiger partial charge on any atom is 0.321 e. The molecule has 1 aliphatic rings. The molecule has 2 N–H and O–H groups in total. The lowest BCUT2D eigenvalue weighted by Crippen LogP contribution is -2.48. The van der Waals surface area contributed by atoms with Crippen LogP contribution in [0.15, 0.2) is 22.8 Å². The van der Waals surface area contributed by atoms with Crippen molar-refractivity contribution in [2.75, 3.05) is 5.75 Å². The van der Waals surface area contributed by atoms with Gasteiger partial charge in [0.1, 0.15) is 5.76 Å². The number of nitrogens with one attached hydrogen (secondary N) is 2. The maximum absolute atomic E-state index is 11.8. The van der Waals surface area contributed by atoms with E-state index in [9.17, 15) is 9.59 Å². The molecule has 0 spiro atoms. The van der Waals surface area contributed by atoms with Crippen molar-refractivity contribution in [1.82, 2.24) is 10.6 Å². The van der Waals surface area contributed by atoms with Crippen molar-refractivity contribution in [2.24, 2.45) is 5.92 Å². The Balaban J connectivity index is 1.63. The number of thioether (sulfide) groups is 1. The summed E-state index contributed by atoms with van der Waals surface area (Å²) in [6.07, 6.45) is 6.11. The first-order valence-corrected chi connectivity index (χ1v) is 8.51. The highest BCUT2D eigenvalue weighted by atomic mass is 32.2. The van der Waals surface area contributed by atoms with E-state index in [1.807, 2.05) is 12.1 Å². The summed E-state index contributed by atoms with van der Waals surface area (Å²) >= 11 is 1.42. The second-order valence-corrected chi connectivity index (χ2v) is 6.45. The minimum absolute atomic E-state index is 0.183.